The van der Waals surface area contributed by atoms with Crippen molar-refractivity contribution in [3.63, 3.8) is 0 Å². The molecule has 0 aromatic heterocycles. The molecule has 0 saturated heterocycles. The van der Waals surface area contributed by atoms with Crippen LogP contribution in [0.1, 0.15) is 66.7 Å². The predicted molar refractivity (Wildman–Crippen MR) is 70.2 cm³/mol. The highest BCUT2D eigenvalue weighted by Gasteiger charge is 2.64. The third-order valence-corrected chi connectivity index (χ3v) is 6.84. The van der Waals surface area contributed by atoms with Crippen molar-refractivity contribution in [3.05, 3.63) is 0 Å². The number of hydrogen-bond acceptors (Lipinski definition) is 1. The molecule has 2 fully saturated rings. The van der Waals surface area contributed by atoms with Gasteiger partial charge in [0.05, 0.1) is 0 Å². The molecule has 4 atom stereocenters. The number of hydrogen-bond donors (Lipinski definition) is 1. The summed E-state index contributed by atoms with van der Waals surface area (Å²) in [6.45, 7) is 12.0. The third kappa shape index (κ3) is 1.16. The van der Waals surface area contributed by atoms with Gasteiger partial charge < -0.3 is 5.73 Å². The molecule has 2 saturated carbocycles. The maximum atomic E-state index is 6.97. The maximum Gasteiger partial charge on any atom is 0.0268 e. The first-order valence-electron chi connectivity index (χ1n) is 7.10. The Bertz CT molecular complexity index is 283. The lowest BCUT2D eigenvalue weighted by atomic mass is 9.47. The molecular formula is C15H29N. The topological polar surface area (TPSA) is 26.0 Å². The molecule has 1 heteroatoms. The lowest BCUT2D eigenvalue weighted by molar-refractivity contribution is -0.0720. The molecule has 0 aliphatic heterocycles. The highest BCUT2D eigenvalue weighted by molar-refractivity contribution is 5.18. The van der Waals surface area contributed by atoms with E-state index in [1.807, 2.05) is 0 Å². The summed E-state index contributed by atoms with van der Waals surface area (Å²) in [4.78, 5) is 0. The van der Waals surface area contributed by atoms with Crippen molar-refractivity contribution >= 4 is 0 Å². The molecule has 2 N–H and O–H groups in total. The molecule has 2 rings (SSSR count). The molecule has 0 aromatic carbocycles. The maximum absolute atomic E-state index is 6.97. The number of rotatable bonds is 1. The molecule has 0 amide bonds. The fourth-order valence-corrected chi connectivity index (χ4v) is 4.96. The van der Waals surface area contributed by atoms with Crippen LogP contribution in [-0.4, -0.2) is 5.54 Å². The molecule has 0 spiro atoms. The van der Waals surface area contributed by atoms with Crippen LogP contribution in [0.4, 0.5) is 0 Å². The largest absolute Gasteiger partial charge is 0.324 e. The van der Waals surface area contributed by atoms with E-state index in [2.05, 4.69) is 34.6 Å². The van der Waals surface area contributed by atoms with Crippen molar-refractivity contribution in [1.29, 1.82) is 0 Å². The summed E-state index contributed by atoms with van der Waals surface area (Å²) >= 11 is 0. The Kier molecular flexibility index (Phi) is 2.70. The Balaban J connectivity index is 2.48. The van der Waals surface area contributed by atoms with Crippen molar-refractivity contribution < 1.29 is 0 Å². The van der Waals surface area contributed by atoms with Crippen molar-refractivity contribution in [1.82, 2.24) is 0 Å². The zero-order valence-electron chi connectivity index (χ0n) is 11.8. The summed E-state index contributed by atoms with van der Waals surface area (Å²) in [6.07, 6.45) is 6.55. The van der Waals surface area contributed by atoms with Crippen LogP contribution in [0.25, 0.3) is 0 Å². The van der Waals surface area contributed by atoms with E-state index in [0.717, 1.165) is 11.8 Å². The summed E-state index contributed by atoms with van der Waals surface area (Å²) in [5.74, 6) is 1.58. The quantitative estimate of drug-likeness (QED) is 0.715. The minimum absolute atomic E-state index is 0.0752. The second-order valence-corrected chi connectivity index (χ2v) is 7.08. The molecule has 0 aromatic rings. The van der Waals surface area contributed by atoms with E-state index in [1.165, 1.54) is 32.1 Å². The highest BCUT2D eigenvalue weighted by atomic mass is 14.9. The van der Waals surface area contributed by atoms with Gasteiger partial charge in [-0.2, -0.15) is 0 Å². The lowest BCUT2D eigenvalue weighted by Crippen LogP contribution is -2.66. The average Bonchev–Trinajstić information content (AvgIpc) is 2.50. The molecule has 0 heterocycles. The van der Waals surface area contributed by atoms with Gasteiger partial charge in [-0.1, -0.05) is 34.6 Å². The van der Waals surface area contributed by atoms with Gasteiger partial charge in [-0.05, 0) is 54.8 Å². The van der Waals surface area contributed by atoms with Gasteiger partial charge in [-0.25, -0.2) is 0 Å². The number of fused-ring (bicyclic) bond motifs is 1. The van der Waals surface area contributed by atoms with Gasteiger partial charge in [0.1, 0.15) is 0 Å². The molecule has 16 heavy (non-hydrogen) atoms. The lowest BCUT2D eigenvalue weighted by Gasteiger charge is -2.61. The zero-order chi connectivity index (χ0) is 12.2. The fourth-order valence-electron chi connectivity index (χ4n) is 4.96. The van der Waals surface area contributed by atoms with Crippen molar-refractivity contribution in [2.75, 3.05) is 0 Å². The summed E-state index contributed by atoms with van der Waals surface area (Å²) < 4.78 is 0. The molecular weight excluding hydrogens is 194 g/mol. The van der Waals surface area contributed by atoms with Crippen molar-refractivity contribution in [2.24, 2.45) is 28.4 Å². The summed E-state index contributed by atoms with van der Waals surface area (Å²) in [5, 5.41) is 0. The molecule has 0 bridgehead atoms. The second-order valence-electron chi connectivity index (χ2n) is 7.08. The minimum atomic E-state index is 0.0752. The first-order valence-corrected chi connectivity index (χ1v) is 7.10. The van der Waals surface area contributed by atoms with Gasteiger partial charge in [-0.15, -0.1) is 0 Å². The van der Waals surface area contributed by atoms with Crippen molar-refractivity contribution in [2.45, 2.75) is 72.3 Å². The van der Waals surface area contributed by atoms with E-state index in [9.17, 15) is 0 Å². The monoisotopic (exact) mass is 223 g/mol. The Hall–Kier alpha value is -0.0400. The minimum Gasteiger partial charge on any atom is -0.324 e. The average molecular weight is 223 g/mol. The smallest absolute Gasteiger partial charge is 0.0268 e. The van der Waals surface area contributed by atoms with Gasteiger partial charge in [0.25, 0.3) is 0 Å². The zero-order valence-corrected chi connectivity index (χ0v) is 11.8. The van der Waals surface area contributed by atoms with E-state index >= 15 is 0 Å². The Morgan fingerprint density at radius 2 is 1.62 bits per heavy atom. The van der Waals surface area contributed by atoms with Crippen LogP contribution in [0.15, 0.2) is 0 Å². The Labute approximate surface area is 101 Å². The summed E-state index contributed by atoms with van der Waals surface area (Å²) in [5.41, 5.74) is 7.76. The molecule has 0 radical (unpaired) electrons. The van der Waals surface area contributed by atoms with Gasteiger partial charge in [-0.3, -0.25) is 0 Å². The van der Waals surface area contributed by atoms with Gasteiger partial charge in [0.15, 0.2) is 0 Å². The van der Waals surface area contributed by atoms with Gasteiger partial charge in [0.2, 0.25) is 0 Å². The Morgan fingerprint density at radius 3 is 2.19 bits per heavy atom. The molecule has 2 aliphatic carbocycles. The van der Waals surface area contributed by atoms with E-state index in [0.29, 0.717) is 10.8 Å². The van der Waals surface area contributed by atoms with Crippen LogP contribution in [-0.2, 0) is 0 Å². The Morgan fingerprint density at radius 1 is 1.06 bits per heavy atom. The second kappa shape index (κ2) is 3.48. The first-order chi connectivity index (χ1) is 7.32. The van der Waals surface area contributed by atoms with Crippen LogP contribution >= 0.6 is 0 Å². The van der Waals surface area contributed by atoms with Gasteiger partial charge in [0, 0.05) is 5.54 Å². The highest BCUT2D eigenvalue weighted by Crippen LogP contribution is 2.65. The summed E-state index contributed by atoms with van der Waals surface area (Å²) in [6, 6.07) is 0. The van der Waals surface area contributed by atoms with E-state index < -0.39 is 0 Å². The van der Waals surface area contributed by atoms with Gasteiger partial charge >= 0.3 is 0 Å². The van der Waals surface area contributed by atoms with E-state index in [4.69, 9.17) is 5.73 Å². The molecule has 94 valence electrons. The van der Waals surface area contributed by atoms with Crippen LogP contribution < -0.4 is 5.73 Å². The SMILES string of the molecule is CC[C@]12CCC(C)C(C)(C)[C@]1(N)CC[C@H]2C. The molecule has 1 nitrogen and oxygen atoms in total. The fraction of sp³-hybridized carbons (Fsp3) is 1.00. The predicted octanol–water partition coefficient (Wildman–Crippen LogP) is 3.97. The van der Waals surface area contributed by atoms with Crippen LogP contribution in [0.5, 0.6) is 0 Å². The van der Waals surface area contributed by atoms with Crippen molar-refractivity contribution in [3.8, 4) is 0 Å². The molecule has 2 aliphatic rings. The first kappa shape index (κ1) is 12.4. The van der Waals surface area contributed by atoms with E-state index in [1.54, 1.807) is 0 Å². The van der Waals surface area contributed by atoms with Crippen LogP contribution in [0, 0.1) is 22.7 Å². The number of nitrogens with two attached hydrogens (primary N) is 1. The van der Waals surface area contributed by atoms with Crippen LogP contribution in [0.3, 0.4) is 0 Å². The molecule has 1 unspecified atom stereocenters. The third-order valence-electron chi connectivity index (χ3n) is 6.84. The summed E-state index contributed by atoms with van der Waals surface area (Å²) in [7, 11) is 0. The standard InChI is InChI=1S/C15H29N/c1-6-14-9-7-11(2)13(4,5)15(14,16)10-8-12(14)3/h11-12H,6-10,16H2,1-5H3/t11?,12-,14-,15-/m1/s1. The van der Waals surface area contributed by atoms with Crippen LogP contribution in [0.2, 0.25) is 0 Å². The van der Waals surface area contributed by atoms with E-state index in [-0.39, 0.29) is 5.54 Å². The normalized spacial score (nSPS) is 51.4.